The van der Waals surface area contributed by atoms with Crippen molar-refractivity contribution in [2.45, 2.75) is 43.8 Å². The summed E-state index contributed by atoms with van der Waals surface area (Å²) in [4.78, 5) is 14.7. The van der Waals surface area contributed by atoms with Gasteiger partial charge in [0.1, 0.15) is 11.4 Å². The molecule has 3 aliphatic rings. The van der Waals surface area contributed by atoms with Gasteiger partial charge >= 0.3 is 0 Å². The lowest BCUT2D eigenvalue weighted by molar-refractivity contribution is -0.157. The number of hydrogen-bond donors (Lipinski definition) is 1. The molecule has 0 bridgehead atoms. The van der Waals surface area contributed by atoms with Gasteiger partial charge in [-0.25, -0.2) is 0 Å². The standard InChI is InChI=1S/C25H29NO5/c27-21-10-4-8-19-23-20(9-5-16-30-23)25(31-24(19)21)12-14-26(15-13-25)22(28)11-17-29-18-6-2-1-3-7-18/h1-4,6-8,10,20,23,27H,5,9,11-17H2/t20-,23+/m0/s1. The Kier molecular flexibility index (Phi) is 5.48. The highest BCUT2D eigenvalue weighted by Crippen LogP contribution is 2.55. The molecule has 2 saturated heterocycles. The van der Waals surface area contributed by atoms with Crippen molar-refractivity contribution in [1.29, 1.82) is 0 Å². The van der Waals surface area contributed by atoms with E-state index in [4.69, 9.17) is 14.2 Å². The van der Waals surface area contributed by atoms with Crippen LogP contribution in [-0.4, -0.2) is 47.8 Å². The summed E-state index contributed by atoms with van der Waals surface area (Å²) < 4.78 is 18.4. The molecule has 6 nitrogen and oxygen atoms in total. The van der Waals surface area contributed by atoms with E-state index in [2.05, 4.69) is 0 Å². The van der Waals surface area contributed by atoms with Crippen molar-refractivity contribution >= 4 is 5.91 Å². The van der Waals surface area contributed by atoms with E-state index in [0.717, 1.165) is 43.6 Å². The second-order valence-electron chi connectivity index (χ2n) is 8.69. The molecule has 0 unspecified atom stereocenters. The molecule has 6 heteroatoms. The number of rotatable bonds is 4. The highest BCUT2D eigenvalue weighted by molar-refractivity contribution is 5.76. The number of benzene rings is 2. The molecule has 0 saturated carbocycles. The Morgan fingerprint density at radius 1 is 1.13 bits per heavy atom. The number of carbonyl (C=O) groups is 1. The number of carbonyl (C=O) groups excluding carboxylic acids is 1. The fourth-order valence-electron chi connectivity index (χ4n) is 5.32. The molecule has 2 fully saturated rings. The number of ether oxygens (including phenoxy) is 3. The summed E-state index contributed by atoms with van der Waals surface area (Å²) in [6.07, 6.45) is 3.86. The van der Waals surface area contributed by atoms with Crippen LogP contribution in [0.15, 0.2) is 48.5 Å². The van der Waals surface area contributed by atoms with Gasteiger partial charge in [-0.2, -0.15) is 0 Å². The van der Waals surface area contributed by atoms with Crippen LogP contribution in [0.1, 0.15) is 43.8 Å². The van der Waals surface area contributed by atoms with Crippen molar-refractivity contribution in [3.63, 3.8) is 0 Å². The maximum absolute atomic E-state index is 12.7. The van der Waals surface area contributed by atoms with Gasteiger partial charge in [0, 0.05) is 44.0 Å². The minimum absolute atomic E-state index is 0.0499. The average Bonchev–Trinajstić information content (AvgIpc) is 2.81. The van der Waals surface area contributed by atoms with Crippen molar-refractivity contribution in [3.05, 3.63) is 54.1 Å². The summed E-state index contributed by atoms with van der Waals surface area (Å²) in [5, 5.41) is 10.4. The Morgan fingerprint density at radius 2 is 1.94 bits per heavy atom. The maximum atomic E-state index is 12.7. The van der Waals surface area contributed by atoms with Gasteiger partial charge in [-0.05, 0) is 31.0 Å². The number of likely N-dealkylation sites (tertiary alicyclic amines) is 1. The molecule has 2 aromatic carbocycles. The first-order valence-electron chi connectivity index (χ1n) is 11.2. The third-order valence-corrected chi connectivity index (χ3v) is 6.92. The number of phenolic OH excluding ortho intramolecular Hbond substituents is 1. The quantitative estimate of drug-likeness (QED) is 0.803. The topological polar surface area (TPSA) is 68.2 Å². The molecule has 3 heterocycles. The summed E-state index contributed by atoms with van der Waals surface area (Å²) in [5.74, 6) is 1.86. The van der Waals surface area contributed by atoms with E-state index in [1.54, 1.807) is 6.07 Å². The van der Waals surface area contributed by atoms with Crippen LogP contribution < -0.4 is 9.47 Å². The number of aromatic hydroxyl groups is 1. The van der Waals surface area contributed by atoms with Crippen LogP contribution in [0, 0.1) is 5.92 Å². The summed E-state index contributed by atoms with van der Waals surface area (Å²) in [7, 11) is 0. The van der Waals surface area contributed by atoms with Crippen LogP contribution in [0.5, 0.6) is 17.2 Å². The van der Waals surface area contributed by atoms with Gasteiger partial charge in [-0.1, -0.05) is 30.3 Å². The predicted molar refractivity (Wildman–Crippen MR) is 115 cm³/mol. The van der Waals surface area contributed by atoms with Gasteiger partial charge in [-0.15, -0.1) is 0 Å². The number of para-hydroxylation sites is 2. The molecule has 164 valence electrons. The Labute approximate surface area is 182 Å². The zero-order valence-electron chi connectivity index (χ0n) is 17.7. The van der Waals surface area contributed by atoms with Gasteiger partial charge in [-0.3, -0.25) is 4.79 Å². The van der Waals surface area contributed by atoms with Crippen molar-refractivity contribution < 1.29 is 24.1 Å². The minimum Gasteiger partial charge on any atom is -0.504 e. The summed E-state index contributed by atoms with van der Waals surface area (Å²) >= 11 is 0. The maximum Gasteiger partial charge on any atom is 0.226 e. The zero-order valence-corrected chi connectivity index (χ0v) is 17.7. The molecule has 1 amide bonds. The molecule has 31 heavy (non-hydrogen) atoms. The Balaban J connectivity index is 1.24. The van der Waals surface area contributed by atoms with E-state index in [0.29, 0.717) is 31.9 Å². The van der Waals surface area contributed by atoms with Gasteiger partial charge in [0.25, 0.3) is 0 Å². The van der Waals surface area contributed by atoms with Crippen LogP contribution in [0.4, 0.5) is 0 Å². The molecule has 0 aliphatic carbocycles. The molecule has 3 aliphatic heterocycles. The Bertz CT molecular complexity index is 923. The Morgan fingerprint density at radius 3 is 2.74 bits per heavy atom. The number of nitrogens with zero attached hydrogens (tertiary/aromatic N) is 1. The molecular formula is C25H29NO5. The molecule has 2 atom stereocenters. The fourth-order valence-corrected chi connectivity index (χ4v) is 5.32. The second-order valence-corrected chi connectivity index (χ2v) is 8.69. The van der Waals surface area contributed by atoms with Gasteiger partial charge in [0.15, 0.2) is 11.5 Å². The third-order valence-electron chi connectivity index (χ3n) is 6.92. The monoisotopic (exact) mass is 423 g/mol. The lowest BCUT2D eigenvalue weighted by Crippen LogP contribution is -2.57. The summed E-state index contributed by atoms with van der Waals surface area (Å²) in [6.45, 7) is 2.41. The third kappa shape index (κ3) is 3.85. The molecular weight excluding hydrogens is 394 g/mol. The summed E-state index contributed by atoms with van der Waals surface area (Å²) in [5.41, 5.74) is 0.556. The minimum atomic E-state index is -0.395. The first-order chi connectivity index (χ1) is 15.2. The molecule has 5 rings (SSSR count). The van der Waals surface area contributed by atoms with E-state index in [1.807, 2.05) is 47.4 Å². The largest absolute Gasteiger partial charge is 0.504 e. The number of phenols is 1. The number of amides is 1. The van der Waals surface area contributed by atoms with Crippen molar-refractivity contribution in [1.82, 2.24) is 4.90 Å². The molecule has 0 radical (unpaired) electrons. The molecule has 1 spiro atoms. The van der Waals surface area contributed by atoms with Crippen LogP contribution in [0.2, 0.25) is 0 Å². The SMILES string of the molecule is O=C(CCOc1ccccc1)N1CCC2(CC1)Oc1c(O)cccc1[C@H]1OCCC[C@@H]12. The van der Waals surface area contributed by atoms with Crippen molar-refractivity contribution in [3.8, 4) is 17.2 Å². The van der Waals surface area contributed by atoms with Crippen LogP contribution in [-0.2, 0) is 9.53 Å². The number of fused-ring (bicyclic) bond motifs is 4. The first kappa shape index (κ1) is 20.2. The summed E-state index contributed by atoms with van der Waals surface area (Å²) in [6, 6.07) is 15.1. The Hall–Kier alpha value is -2.73. The van der Waals surface area contributed by atoms with Crippen molar-refractivity contribution in [2.75, 3.05) is 26.3 Å². The molecule has 1 N–H and O–H groups in total. The number of hydrogen-bond acceptors (Lipinski definition) is 5. The average molecular weight is 424 g/mol. The highest BCUT2D eigenvalue weighted by atomic mass is 16.5. The van der Waals surface area contributed by atoms with Crippen LogP contribution in [0.3, 0.4) is 0 Å². The van der Waals surface area contributed by atoms with Crippen molar-refractivity contribution in [2.24, 2.45) is 5.92 Å². The fraction of sp³-hybridized carbons (Fsp3) is 0.480. The van der Waals surface area contributed by atoms with Gasteiger partial charge in [0.2, 0.25) is 5.91 Å². The first-order valence-corrected chi connectivity index (χ1v) is 11.2. The number of piperidine rings is 1. The second kappa shape index (κ2) is 8.42. The lowest BCUT2D eigenvalue weighted by atomic mass is 9.70. The van der Waals surface area contributed by atoms with E-state index in [9.17, 15) is 9.90 Å². The smallest absolute Gasteiger partial charge is 0.226 e. The zero-order chi connectivity index (χ0) is 21.3. The predicted octanol–water partition coefficient (Wildman–Crippen LogP) is 4.08. The van der Waals surface area contributed by atoms with Crippen LogP contribution in [0.25, 0.3) is 0 Å². The van der Waals surface area contributed by atoms with Crippen LogP contribution >= 0.6 is 0 Å². The molecule has 2 aromatic rings. The van der Waals surface area contributed by atoms with E-state index in [1.165, 1.54) is 0 Å². The normalized spacial score (nSPS) is 24.1. The highest BCUT2D eigenvalue weighted by Gasteiger charge is 2.53. The van der Waals surface area contributed by atoms with E-state index in [-0.39, 0.29) is 23.7 Å². The van der Waals surface area contributed by atoms with E-state index < -0.39 is 5.60 Å². The molecule has 0 aromatic heterocycles. The van der Waals surface area contributed by atoms with E-state index >= 15 is 0 Å². The van der Waals surface area contributed by atoms with Gasteiger partial charge in [0.05, 0.1) is 19.1 Å². The van der Waals surface area contributed by atoms with Gasteiger partial charge < -0.3 is 24.2 Å². The lowest BCUT2D eigenvalue weighted by Gasteiger charge is -2.53.